The second-order valence-corrected chi connectivity index (χ2v) is 3.88. The number of amides is 1. The average Bonchev–Trinajstić information content (AvgIpc) is 2.88. The van der Waals surface area contributed by atoms with E-state index in [9.17, 15) is 4.79 Å². The fourth-order valence-corrected chi connectivity index (χ4v) is 1.57. The van der Waals surface area contributed by atoms with Gasteiger partial charge in [-0.25, -0.2) is 10.8 Å². The number of hydrazine groups is 1. The summed E-state index contributed by atoms with van der Waals surface area (Å²) in [5.41, 5.74) is 3.60. The predicted molar refractivity (Wildman–Crippen MR) is 66.8 cm³/mol. The first kappa shape index (κ1) is 12.3. The summed E-state index contributed by atoms with van der Waals surface area (Å²) in [6.45, 7) is 0.376. The molecule has 5 N–H and O–H groups in total. The molecule has 2 rings (SSSR count). The molecule has 18 heavy (non-hydrogen) atoms. The Kier molecular flexibility index (Phi) is 3.75. The average molecular weight is 267 g/mol. The molecule has 0 atom stereocenters. The lowest BCUT2D eigenvalue weighted by atomic mass is 10.2. The number of nitrogens with two attached hydrogens (primary N) is 1. The van der Waals surface area contributed by atoms with E-state index in [1.807, 2.05) is 0 Å². The van der Waals surface area contributed by atoms with Crippen LogP contribution in [-0.4, -0.2) is 21.1 Å². The Morgan fingerprint density at radius 1 is 1.50 bits per heavy atom. The number of carbonyl (C=O) groups is 1. The Morgan fingerprint density at radius 3 is 3.00 bits per heavy atom. The van der Waals surface area contributed by atoms with Crippen molar-refractivity contribution >= 4 is 23.3 Å². The molecule has 2 aromatic heterocycles. The van der Waals surface area contributed by atoms with Crippen molar-refractivity contribution < 1.29 is 4.79 Å². The lowest BCUT2D eigenvalue weighted by Gasteiger charge is -2.06. The van der Waals surface area contributed by atoms with Gasteiger partial charge in [-0.15, -0.1) is 0 Å². The molecule has 94 valence electrons. The lowest BCUT2D eigenvalue weighted by Crippen LogP contribution is -2.23. The van der Waals surface area contributed by atoms with E-state index in [0.29, 0.717) is 17.9 Å². The molecule has 0 aliphatic heterocycles. The van der Waals surface area contributed by atoms with E-state index in [-0.39, 0.29) is 11.1 Å². The number of nitrogen functional groups attached to an aromatic ring is 1. The molecule has 0 radical (unpaired) electrons. The van der Waals surface area contributed by atoms with Crippen LogP contribution < -0.4 is 16.6 Å². The Bertz CT molecular complexity index is 541. The topological polar surface area (TPSA) is 109 Å². The van der Waals surface area contributed by atoms with E-state index in [4.69, 9.17) is 17.4 Å². The molecule has 0 aliphatic carbocycles. The first-order valence-electron chi connectivity index (χ1n) is 5.09. The maximum Gasteiger partial charge on any atom is 0.251 e. The van der Waals surface area contributed by atoms with Crippen LogP contribution >= 0.6 is 11.6 Å². The molecule has 1 amide bonds. The van der Waals surface area contributed by atoms with E-state index in [1.165, 1.54) is 12.1 Å². The highest BCUT2D eigenvalue weighted by atomic mass is 35.5. The van der Waals surface area contributed by atoms with Gasteiger partial charge in [-0.05, 0) is 12.1 Å². The van der Waals surface area contributed by atoms with Gasteiger partial charge in [0.2, 0.25) is 0 Å². The molecule has 0 aliphatic rings. The van der Waals surface area contributed by atoms with Crippen LogP contribution in [0, 0.1) is 0 Å². The number of hydrogen-bond donors (Lipinski definition) is 4. The van der Waals surface area contributed by atoms with Crippen molar-refractivity contribution in [1.82, 2.24) is 20.5 Å². The summed E-state index contributed by atoms with van der Waals surface area (Å²) in [6.07, 6.45) is 3.33. The van der Waals surface area contributed by atoms with Gasteiger partial charge in [0.15, 0.2) is 0 Å². The molecule has 0 bridgehead atoms. The van der Waals surface area contributed by atoms with Crippen LogP contribution in [0.1, 0.15) is 15.9 Å². The Morgan fingerprint density at radius 2 is 2.33 bits per heavy atom. The zero-order valence-electron chi connectivity index (χ0n) is 9.27. The summed E-state index contributed by atoms with van der Waals surface area (Å²) in [4.78, 5) is 15.7. The number of rotatable bonds is 4. The standard InChI is InChI=1S/C10H11ClN6O/c11-8-1-7(2-9(16-8)17-12)10(18)13-3-6-4-14-15-5-6/h1-2,4-5H,3,12H2,(H,13,18)(H,14,15)(H,16,17). The monoisotopic (exact) mass is 266 g/mol. The third-order valence-electron chi connectivity index (χ3n) is 2.21. The van der Waals surface area contributed by atoms with E-state index in [1.54, 1.807) is 12.4 Å². The number of H-pyrrole nitrogens is 1. The molecule has 2 heterocycles. The van der Waals surface area contributed by atoms with E-state index < -0.39 is 0 Å². The van der Waals surface area contributed by atoms with Crippen LogP contribution in [-0.2, 0) is 6.54 Å². The van der Waals surface area contributed by atoms with Crippen LogP contribution in [0.4, 0.5) is 5.82 Å². The van der Waals surface area contributed by atoms with Crippen molar-refractivity contribution in [3.63, 3.8) is 0 Å². The molecule has 0 aromatic carbocycles. The van der Waals surface area contributed by atoms with E-state index in [0.717, 1.165) is 5.56 Å². The highest BCUT2D eigenvalue weighted by Crippen LogP contribution is 2.13. The van der Waals surface area contributed by atoms with Crippen molar-refractivity contribution in [3.05, 3.63) is 40.8 Å². The second-order valence-electron chi connectivity index (χ2n) is 3.50. The molecule has 7 nitrogen and oxygen atoms in total. The van der Waals surface area contributed by atoms with Crippen molar-refractivity contribution in [3.8, 4) is 0 Å². The fourth-order valence-electron chi connectivity index (χ4n) is 1.36. The number of carbonyl (C=O) groups excluding carboxylic acids is 1. The molecule has 0 saturated carbocycles. The van der Waals surface area contributed by atoms with Gasteiger partial charge in [0.25, 0.3) is 5.91 Å². The number of aromatic nitrogens is 3. The van der Waals surface area contributed by atoms with Crippen LogP contribution in [0.2, 0.25) is 5.15 Å². The van der Waals surface area contributed by atoms with Gasteiger partial charge >= 0.3 is 0 Å². The zero-order valence-corrected chi connectivity index (χ0v) is 10.0. The molecular formula is C10H11ClN6O. The van der Waals surface area contributed by atoms with Gasteiger partial charge in [-0.2, -0.15) is 5.10 Å². The van der Waals surface area contributed by atoms with Gasteiger partial charge in [-0.1, -0.05) is 11.6 Å². The van der Waals surface area contributed by atoms with Crippen molar-refractivity contribution in [2.24, 2.45) is 5.84 Å². The number of nitrogens with zero attached hydrogens (tertiary/aromatic N) is 2. The maximum atomic E-state index is 11.9. The van der Waals surface area contributed by atoms with Gasteiger partial charge < -0.3 is 10.7 Å². The fraction of sp³-hybridized carbons (Fsp3) is 0.100. The highest BCUT2D eigenvalue weighted by Gasteiger charge is 2.09. The largest absolute Gasteiger partial charge is 0.348 e. The minimum Gasteiger partial charge on any atom is -0.348 e. The van der Waals surface area contributed by atoms with Crippen molar-refractivity contribution in [2.45, 2.75) is 6.54 Å². The predicted octanol–water partition coefficient (Wildman–Crippen LogP) is 0.674. The highest BCUT2D eigenvalue weighted by molar-refractivity contribution is 6.29. The molecule has 0 fully saturated rings. The quantitative estimate of drug-likeness (QED) is 0.370. The first-order valence-corrected chi connectivity index (χ1v) is 5.47. The van der Waals surface area contributed by atoms with Crippen molar-refractivity contribution in [2.75, 3.05) is 5.43 Å². The smallest absolute Gasteiger partial charge is 0.251 e. The number of hydrogen-bond acceptors (Lipinski definition) is 5. The number of pyridine rings is 1. The number of nitrogens with one attached hydrogen (secondary N) is 3. The molecule has 0 unspecified atom stereocenters. The van der Waals surface area contributed by atoms with Crippen LogP contribution in [0.5, 0.6) is 0 Å². The minimum absolute atomic E-state index is 0.193. The van der Waals surface area contributed by atoms with Gasteiger partial charge in [-0.3, -0.25) is 9.89 Å². The van der Waals surface area contributed by atoms with Gasteiger partial charge in [0.05, 0.1) is 6.20 Å². The maximum absolute atomic E-state index is 11.9. The number of anilines is 1. The number of halogens is 1. The SMILES string of the molecule is NNc1cc(C(=O)NCc2cn[nH]c2)cc(Cl)n1. The first-order chi connectivity index (χ1) is 8.69. The summed E-state index contributed by atoms with van der Waals surface area (Å²) in [5, 5.41) is 9.36. The van der Waals surface area contributed by atoms with Gasteiger partial charge in [0, 0.05) is 23.9 Å². The van der Waals surface area contributed by atoms with Gasteiger partial charge in [0.1, 0.15) is 11.0 Å². The van der Waals surface area contributed by atoms with E-state index in [2.05, 4.69) is 25.9 Å². The normalized spacial score (nSPS) is 10.1. The molecule has 0 spiro atoms. The summed E-state index contributed by atoms with van der Waals surface area (Å²) in [7, 11) is 0. The second kappa shape index (κ2) is 5.48. The Balaban J connectivity index is 2.06. The number of aromatic amines is 1. The van der Waals surface area contributed by atoms with Crippen LogP contribution in [0.25, 0.3) is 0 Å². The molecular weight excluding hydrogens is 256 g/mol. The Labute approximate surface area is 108 Å². The van der Waals surface area contributed by atoms with Crippen molar-refractivity contribution in [1.29, 1.82) is 0 Å². The molecule has 0 saturated heterocycles. The van der Waals surface area contributed by atoms with Crippen LogP contribution in [0.3, 0.4) is 0 Å². The molecule has 2 aromatic rings. The minimum atomic E-state index is -0.267. The molecule has 8 heteroatoms. The lowest BCUT2D eigenvalue weighted by molar-refractivity contribution is 0.0951. The summed E-state index contributed by atoms with van der Waals surface area (Å²) in [5.74, 6) is 5.29. The third kappa shape index (κ3) is 2.96. The zero-order chi connectivity index (χ0) is 13.0. The summed E-state index contributed by atoms with van der Waals surface area (Å²) in [6, 6.07) is 2.98. The summed E-state index contributed by atoms with van der Waals surface area (Å²) >= 11 is 5.77. The Hall–Kier alpha value is -2.12. The van der Waals surface area contributed by atoms with Crippen LogP contribution in [0.15, 0.2) is 24.5 Å². The van der Waals surface area contributed by atoms with E-state index >= 15 is 0 Å². The summed E-state index contributed by atoms with van der Waals surface area (Å²) < 4.78 is 0. The third-order valence-corrected chi connectivity index (χ3v) is 2.41.